The normalized spacial score (nSPS) is 22.5. The van der Waals surface area contributed by atoms with E-state index in [4.69, 9.17) is 21.1 Å². The molecule has 5 N–H and O–H groups in total. The molecule has 2 heterocycles. The topological polar surface area (TPSA) is 140 Å². The summed E-state index contributed by atoms with van der Waals surface area (Å²) in [6, 6.07) is 7.04. The molecule has 0 saturated carbocycles. The minimum Gasteiger partial charge on any atom is -0.493 e. The van der Waals surface area contributed by atoms with Gasteiger partial charge in [-0.1, -0.05) is 11.6 Å². The molecule has 1 aliphatic heterocycles. The first-order chi connectivity index (χ1) is 17.3. The van der Waals surface area contributed by atoms with Crippen LogP contribution in [0, 0.1) is 5.82 Å². The smallest absolute Gasteiger partial charge is 0.162 e. The Hall–Kier alpha value is -2.80. The van der Waals surface area contributed by atoms with Gasteiger partial charge in [0.05, 0.1) is 43.0 Å². The summed E-state index contributed by atoms with van der Waals surface area (Å²) in [6.45, 7) is 0.473. The summed E-state index contributed by atoms with van der Waals surface area (Å²) in [5.41, 5.74) is 1.15. The third-order valence-electron chi connectivity index (χ3n) is 6.17. The zero-order valence-corrected chi connectivity index (χ0v) is 20.3. The van der Waals surface area contributed by atoms with Crippen LogP contribution in [0.5, 0.6) is 11.5 Å². The standard InChI is InChI=1S/C24H28ClFN4O6/c1-35-20-9-17-14(24(28-12-27-17)29-13-3-4-16(26)15(25)7-13)8-21(20)36-6-2-5-30-10-19(32)23(34)22(33)18(30)11-31/h3-4,7-9,12,18-19,22-23,31-34H,2,5-6,10-11H2,1H3,(H,27,28,29)/t18-,19+,22-,23-/m1/s1. The average Bonchev–Trinajstić information content (AvgIpc) is 2.87. The number of hydrogen-bond donors (Lipinski definition) is 5. The Morgan fingerprint density at radius 2 is 1.94 bits per heavy atom. The van der Waals surface area contributed by atoms with Gasteiger partial charge in [0.25, 0.3) is 0 Å². The Labute approximate surface area is 211 Å². The number of aliphatic hydroxyl groups excluding tert-OH is 4. The Balaban J connectivity index is 1.47. The van der Waals surface area contributed by atoms with Crippen molar-refractivity contribution in [2.45, 2.75) is 30.8 Å². The molecule has 1 aliphatic rings. The van der Waals surface area contributed by atoms with Crippen LogP contribution in [0.2, 0.25) is 5.02 Å². The second kappa shape index (κ2) is 11.5. The Morgan fingerprint density at radius 3 is 2.67 bits per heavy atom. The fraction of sp³-hybridized carbons (Fsp3) is 0.417. The number of nitrogens with zero attached hydrogens (tertiary/aromatic N) is 3. The van der Waals surface area contributed by atoms with Crippen LogP contribution < -0.4 is 14.8 Å². The van der Waals surface area contributed by atoms with Crippen molar-refractivity contribution in [3.05, 3.63) is 47.5 Å². The third-order valence-corrected chi connectivity index (χ3v) is 6.46. The van der Waals surface area contributed by atoms with E-state index in [-0.39, 0.29) is 24.8 Å². The summed E-state index contributed by atoms with van der Waals surface area (Å²) < 4.78 is 25.0. The lowest BCUT2D eigenvalue weighted by molar-refractivity contribution is -0.145. The summed E-state index contributed by atoms with van der Waals surface area (Å²) in [7, 11) is 1.52. The highest BCUT2D eigenvalue weighted by Crippen LogP contribution is 2.35. The lowest BCUT2D eigenvalue weighted by Gasteiger charge is -2.43. The molecule has 0 aliphatic carbocycles. The molecular weight excluding hydrogens is 495 g/mol. The van der Waals surface area contributed by atoms with E-state index in [0.29, 0.717) is 46.9 Å². The van der Waals surface area contributed by atoms with Gasteiger partial charge in [0.15, 0.2) is 11.5 Å². The van der Waals surface area contributed by atoms with Crippen molar-refractivity contribution in [3.8, 4) is 11.5 Å². The number of methoxy groups -OCH3 is 1. The van der Waals surface area contributed by atoms with E-state index < -0.39 is 30.2 Å². The predicted octanol–water partition coefficient (Wildman–Crippen LogP) is 1.70. The largest absolute Gasteiger partial charge is 0.493 e. The van der Waals surface area contributed by atoms with E-state index in [1.165, 1.54) is 25.6 Å². The van der Waals surface area contributed by atoms with Gasteiger partial charge in [0.2, 0.25) is 0 Å². The van der Waals surface area contributed by atoms with Crippen molar-refractivity contribution in [3.63, 3.8) is 0 Å². The molecule has 12 heteroatoms. The van der Waals surface area contributed by atoms with Gasteiger partial charge >= 0.3 is 0 Å². The molecule has 3 aromatic rings. The fourth-order valence-corrected chi connectivity index (χ4v) is 4.41. The number of nitrogens with one attached hydrogen (secondary N) is 1. The van der Waals surface area contributed by atoms with Crippen molar-refractivity contribution in [1.29, 1.82) is 0 Å². The van der Waals surface area contributed by atoms with Gasteiger partial charge in [-0.15, -0.1) is 0 Å². The Bertz CT molecular complexity index is 1200. The number of likely N-dealkylation sites (tertiary alicyclic amines) is 1. The van der Waals surface area contributed by atoms with Crippen LogP contribution in [-0.2, 0) is 0 Å². The molecule has 1 aromatic heterocycles. The first-order valence-electron chi connectivity index (χ1n) is 11.4. The SMILES string of the molecule is COc1cc2ncnc(Nc3ccc(F)c(Cl)c3)c2cc1OCCCN1C[C@H](O)[C@@H](O)[C@H](O)[C@H]1CO. The summed E-state index contributed by atoms with van der Waals surface area (Å²) in [5.74, 6) is 0.867. The molecule has 194 valence electrons. The van der Waals surface area contributed by atoms with E-state index >= 15 is 0 Å². The van der Waals surface area contributed by atoms with Crippen LogP contribution in [-0.4, -0.2) is 93.1 Å². The van der Waals surface area contributed by atoms with E-state index in [0.717, 1.165) is 0 Å². The van der Waals surface area contributed by atoms with Gasteiger partial charge in [-0.3, -0.25) is 4.90 Å². The number of ether oxygens (including phenoxy) is 2. The second-order valence-corrected chi connectivity index (χ2v) is 8.90. The maximum Gasteiger partial charge on any atom is 0.162 e. The first-order valence-corrected chi connectivity index (χ1v) is 11.8. The highest BCUT2D eigenvalue weighted by Gasteiger charge is 2.40. The van der Waals surface area contributed by atoms with Crippen LogP contribution in [0.1, 0.15) is 6.42 Å². The predicted molar refractivity (Wildman–Crippen MR) is 131 cm³/mol. The van der Waals surface area contributed by atoms with Crippen LogP contribution in [0.15, 0.2) is 36.7 Å². The molecule has 0 radical (unpaired) electrons. The lowest BCUT2D eigenvalue weighted by Crippen LogP contribution is -2.62. The van der Waals surface area contributed by atoms with Crippen LogP contribution >= 0.6 is 11.6 Å². The summed E-state index contributed by atoms with van der Waals surface area (Å²) in [6.07, 6.45) is -1.75. The molecule has 4 rings (SSSR count). The molecule has 36 heavy (non-hydrogen) atoms. The molecule has 1 fully saturated rings. The van der Waals surface area contributed by atoms with E-state index in [1.807, 2.05) is 0 Å². The number of aromatic nitrogens is 2. The number of β-amino-alcohol motifs (C(OH)–C–C–N with tert-alkyl or cyclic N) is 1. The van der Waals surface area contributed by atoms with E-state index in [2.05, 4.69) is 15.3 Å². The molecule has 0 unspecified atom stereocenters. The van der Waals surface area contributed by atoms with Crippen molar-refractivity contribution in [1.82, 2.24) is 14.9 Å². The third kappa shape index (κ3) is 5.61. The summed E-state index contributed by atoms with van der Waals surface area (Å²) in [5, 5.41) is 43.3. The first kappa shape index (κ1) is 26.3. The van der Waals surface area contributed by atoms with Gasteiger partial charge in [-0.2, -0.15) is 0 Å². The minimum atomic E-state index is -1.30. The molecule has 10 nitrogen and oxygen atoms in total. The number of aliphatic hydroxyl groups is 4. The Kier molecular flexibility index (Phi) is 8.39. The number of hydrogen-bond acceptors (Lipinski definition) is 10. The molecule has 0 bridgehead atoms. The number of halogens is 2. The summed E-state index contributed by atoms with van der Waals surface area (Å²) >= 11 is 5.89. The van der Waals surface area contributed by atoms with Crippen LogP contribution in [0.25, 0.3) is 10.9 Å². The average molecular weight is 523 g/mol. The molecule has 1 saturated heterocycles. The van der Waals surface area contributed by atoms with Crippen molar-refractivity contribution in [2.24, 2.45) is 0 Å². The maximum absolute atomic E-state index is 13.5. The number of piperidine rings is 1. The quantitative estimate of drug-likeness (QED) is 0.264. The second-order valence-electron chi connectivity index (χ2n) is 8.49. The van der Waals surface area contributed by atoms with Gasteiger partial charge < -0.3 is 35.2 Å². The molecular formula is C24H28ClFN4O6. The van der Waals surface area contributed by atoms with Gasteiger partial charge in [0, 0.05) is 30.2 Å². The lowest BCUT2D eigenvalue weighted by atomic mass is 9.94. The number of rotatable bonds is 9. The van der Waals surface area contributed by atoms with Gasteiger partial charge in [-0.05, 0) is 30.7 Å². The van der Waals surface area contributed by atoms with Crippen LogP contribution in [0.4, 0.5) is 15.9 Å². The minimum absolute atomic E-state index is 0.0178. The van der Waals surface area contributed by atoms with Gasteiger partial charge in [-0.25, -0.2) is 14.4 Å². The highest BCUT2D eigenvalue weighted by atomic mass is 35.5. The maximum atomic E-state index is 13.5. The molecule has 0 spiro atoms. The zero-order valence-electron chi connectivity index (χ0n) is 19.5. The molecule has 0 amide bonds. The molecule has 4 atom stereocenters. The zero-order chi connectivity index (χ0) is 25.8. The molecule has 2 aromatic carbocycles. The fourth-order valence-electron chi connectivity index (χ4n) is 4.23. The monoisotopic (exact) mass is 522 g/mol. The summed E-state index contributed by atoms with van der Waals surface area (Å²) in [4.78, 5) is 10.3. The van der Waals surface area contributed by atoms with E-state index in [1.54, 1.807) is 23.1 Å². The van der Waals surface area contributed by atoms with Crippen molar-refractivity contribution >= 4 is 34.0 Å². The number of benzene rings is 2. The van der Waals surface area contributed by atoms with Gasteiger partial charge in [0.1, 0.15) is 30.2 Å². The number of fused-ring (bicyclic) bond motifs is 1. The Morgan fingerprint density at radius 1 is 1.14 bits per heavy atom. The van der Waals surface area contributed by atoms with E-state index in [9.17, 15) is 24.8 Å². The van der Waals surface area contributed by atoms with Crippen molar-refractivity contribution < 1.29 is 34.3 Å². The van der Waals surface area contributed by atoms with Crippen LogP contribution in [0.3, 0.4) is 0 Å². The highest BCUT2D eigenvalue weighted by molar-refractivity contribution is 6.31. The van der Waals surface area contributed by atoms with Crippen molar-refractivity contribution in [2.75, 3.05) is 38.7 Å². The number of anilines is 2.